The first-order chi connectivity index (χ1) is 9.11. The predicted octanol–water partition coefficient (Wildman–Crippen LogP) is 4.83. The Morgan fingerprint density at radius 1 is 1.05 bits per heavy atom. The third-order valence-corrected chi connectivity index (χ3v) is 3.85. The van der Waals surface area contributed by atoms with Gasteiger partial charge in [0.2, 0.25) is 0 Å². The second-order valence-corrected chi connectivity index (χ2v) is 5.35. The molecule has 2 heteroatoms. The first kappa shape index (κ1) is 14.0. The van der Waals surface area contributed by atoms with Crippen molar-refractivity contribution in [1.29, 1.82) is 0 Å². The highest BCUT2D eigenvalue weighted by Gasteiger charge is 2.11. The third kappa shape index (κ3) is 3.30. The van der Waals surface area contributed by atoms with Gasteiger partial charge in [0.15, 0.2) is 0 Å². The lowest BCUT2D eigenvalue weighted by Gasteiger charge is -2.14. The molecule has 0 saturated carbocycles. The van der Waals surface area contributed by atoms with Gasteiger partial charge in [0, 0.05) is 0 Å². The average Bonchev–Trinajstić information content (AvgIpc) is 2.41. The zero-order chi connectivity index (χ0) is 13.8. The summed E-state index contributed by atoms with van der Waals surface area (Å²) in [7, 11) is 1.69. The minimum absolute atomic E-state index is 0.00861. The van der Waals surface area contributed by atoms with Crippen molar-refractivity contribution in [3.63, 3.8) is 0 Å². The summed E-state index contributed by atoms with van der Waals surface area (Å²) in [4.78, 5) is 0. The molecule has 1 unspecified atom stereocenters. The predicted molar refractivity (Wildman–Crippen MR) is 81.2 cm³/mol. The summed E-state index contributed by atoms with van der Waals surface area (Å²) in [5, 5.41) is -0.00861. The van der Waals surface area contributed by atoms with Crippen LogP contribution in [0.5, 0.6) is 5.75 Å². The Morgan fingerprint density at radius 3 is 2.42 bits per heavy atom. The molecule has 2 aromatic carbocycles. The first-order valence-corrected chi connectivity index (χ1v) is 6.88. The normalized spacial score (nSPS) is 12.2. The van der Waals surface area contributed by atoms with Crippen molar-refractivity contribution in [2.45, 2.75) is 25.6 Å². The molecule has 0 radical (unpaired) electrons. The molecule has 2 aromatic rings. The maximum Gasteiger partial charge on any atom is 0.121 e. The quantitative estimate of drug-likeness (QED) is 0.725. The summed E-state index contributed by atoms with van der Waals surface area (Å²) in [6, 6.07) is 14.5. The number of rotatable bonds is 4. The summed E-state index contributed by atoms with van der Waals surface area (Å²) in [5.41, 5.74) is 4.85. The van der Waals surface area contributed by atoms with E-state index in [1.165, 1.54) is 11.1 Å². The first-order valence-electron chi connectivity index (χ1n) is 6.45. The van der Waals surface area contributed by atoms with Crippen LogP contribution in [0.4, 0.5) is 0 Å². The smallest absolute Gasteiger partial charge is 0.121 e. The molecule has 0 fully saturated rings. The highest BCUT2D eigenvalue weighted by atomic mass is 35.5. The molecule has 100 valence electrons. The zero-order valence-electron chi connectivity index (χ0n) is 11.6. The molecule has 0 bridgehead atoms. The molecule has 0 heterocycles. The fourth-order valence-corrected chi connectivity index (χ4v) is 2.55. The van der Waals surface area contributed by atoms with E-state index in [1.807, 2.05) is 19.1 Å². The van der Waals surface area contributed by atoms with Crippen molar-refractivity contribution < 1.29 is 4.74 Å². The van der Waals surface area contributed by atoms with Gasteiger partial charge >= 0.3 is 0 Å². The molecule has 2 rings (SSSR count). The fraction of sp³-hybridized carbons (Fsp3) is 0.294. The maximum absolute atomic E-state index is 6.54. The molecule has 0 spiro atoms. The van der Waals surface area contributed by atoms with E-state index in [0.717, 1.165) is 23.3 Å². The molecular weight excluding hydrogens is 256 g/mol. The van der Waals surface area contributed by atoms with Gasteiger partial charge in [-0.15, -0.1) is 11.6 Å². The van der Waals surface area contributed by atoms with E-state index in [0.29, 0.717) is 0 Å². The minimum atomic E-state index is -0.00861. The van der Waals surface area contributed by atoms with Crippen LogP contribution >= 0.6 is 11.6 Å². The molecule has 0 aliphatic heterocycles. The average molecular weight is 275 g/mol. The Kier molecular flexibility index (Phi) is 4.49. The van der Waals surface area contributed by atoms with Gasteiger partial charge in [0.25, 0.3) is 0 Å². The van der Waals surface area contributed by atoms with Crippen LogP contribution in [-0.4, -0.2) is 7.11 Å². The van der Waals surface area contributed by atoms with Crippen LogP contribution < -0.4 is 4.74 Å². The molecular formula is C17H19ClO. The van der Waals surface area contributed by atoms with Crippen molar-refractivity contribution in [3.8, 4) is 5.75 Å². The standard InChI is InChI=1S/C17H19ClO/c1-12-6-4-5-7-14(12)11-16(18)15-8-9-17(19-3)13(2)10-15/h4-10,16H,11H2,1-3H3. The van der Waals surface area contributed by atoms with Gasteiger partial charge in [0.1, 0.15) is 5.75 Å². The van der Waals surface area contributed by atoms with Crippen molar-refractivity contribution in [3.05, 3.63) is 64.7 Å². The van der Waals surface area contributed by atoms with Crippen molar-refractivity contribution in [2.24, 2.45) is 0 Å². The van der Waals surface area contributed by atoms with Gasteiger partial charge in [-0.1, -0.05) is 36.4 Å². The van der Waals surface area contributed by atoms with Gasteiger partial charge in [-0.3, -0.25) is 0 Å². The van der Waals surface area contributed by atoms with Crippen LogP contribution in [0.3, 0.4) is 0 Å². The van der Waals surface area contributed by atoms with Crippen molar-refractivity contribution >= 4 is 11.6 Å². The SMILES string of the molecule is COc1ccc(C(Cl)Cc2ccccc2C)cc1C. The van der Waals surface area contributed by atoms with Crippen LogP contribution in [-0.2, 0) is 6.42 Å². The molecule has 19 heavy (non-hydrogen) atoms. The Labute approximate surface area is 120 Å². The molecule has 0 amide bonds. The Hall–Kier alpha value is -1.47. The highest BCUT2D eigenvalue weighted by molar-refractivity contribution is 6.20. The fourth-order valence-electron chi connectivity index (χ4n) is 2.25. The Morgan fingerprint density at radius 2 is 1.79 bits per heavy atom. The summed E-state index contributed by atoms with van der Waals surface area (Å²) in [5.74, 6) is 0.906. The van der Waals surface area contributed by atoms with E-state index in [1.54, 1.807) is 7.11 Å². The van der Waals surface area contributed by atoms with E-state index >= 15 is 0 Å². The second-order valence-electron chi connectivity index (χ2n) is 4.83. The van der Waals surface area contributed by atoms with Gasteiger partial charge in [-0.2, -0.15) is 0 Å². The van der Waals surface area contributed by atoms with Crippen molar-refractivity contribution in [2.75, 3.05) is 7.11 Å². The number of ether oxygens (including phenoxy) is 1. The second kappa shape index (κ2) is 6.12. The number of halogens is 1. The number of hydrogen-bond donors (Lipinski definition) is 0. The van der Waals surface area contributed by atoms with E-state index in [9.17, 15) is 0 Å². The molecule has 1 atom stereocenters. The number of alkyl halides is 1. The lowest BCUT2D eigenvalue weighted by atomic mass is 9.99. The van der Waals surface area contributed by atoms with Gasteiger partial charge < -0.3 is 4.74 Å². The van der Waals surface area contributed by atoms with Crippen LogP contribution in [0.1, 0.15) is 27.6 Å². The topological polar surface area (TPSA) is 9.23 Å². The molecule has 1 nitrogen and oxygen atoms in total. The Balaban J connectivity index is 2.18. The molecule has 0 N–H and O–H groups in total. The van der Waals surface area contributed by atoms with E-state index in [-0.39, 0.29) is 5.38 Å². The van der Waals surface area contributed by atoms with E-state index in [4.69, 9.17) is 16.3 Å². The number of aryl methyl sites for hydroxylation is 2. The zero-order valence-corrected chi connectivity index (χ0v) is 12.4. The van der Waals surface area contributed by atoms with Crippen LogP contribution in [0, 0.1) is 13.8 Å². The third-order valence-electron chi connectivity index (χ3n) is 3.44. The largest absolute Gasteiger partial charge is 0.496 e. The summed E-state index contributed by atoms with van der Waals surface area (Å²) in [6.07, 6.45) is 0.847. The van der Waals surface area contributed by atoms with Gasteiger partial charge in [0.05, 0.1) is 12.5 Å². The maximum atomic E-state index is 6.54. The Bertz CT molecular complexity index is 563. The summed E-state index contributed by atoms with van der Waals surface area (Å²) in [6.45, 7) is 4.16. The molecule has 0 aliphatic rings. The van der Waals surface area contributed by atoms with E-state index < -0.39 is 0 Å². The lowest BCUT2D eigenvalue weighted by Crippen LogP contribution is -1.99. The monoisotopic (exact) mass is 274 g/mol. The van der Waals surface area contributed by atoms with Gasteiger partial charge in [-0.25, -0.2) is 0 Å². The molecule has 0 saturated heterocycles. The lowest BCUT2D eigenvalue weighted by molar-refractivity contribution is 0.411. The number of hydrogen-bond acceptors (Lipinski definition) is 1. The summed E-state index contributed by atoms with van der Waals surface area (Å²) < 4.78 is 5.27. The number of benzene rings is 2. The van der Waals surface area contributed by atoms with Crippen molar-refractivity contribution in [1.82, 2.24) is 0 Å². The van der Waals surface area contributed by atoms with Crippen LogP contribution in [0.15, 0.2) is 42.5 Å². The minimum Gasteiger partial charge on any atom is -0.496 e. The molecule has 0 aliphatic carbocycles. The van der Waals surface area contributed by atoms with Crippen LogP contribution in [0.25, 0.3) is 0 Å². The highest BCUT2D eigenvalue weighted by Crippen LogP contribution is 2.29. The summed E-state index contributed by atoms with van der Waals surface area (Å²) >= 11 is 6.54. The van der Waals surface area contributed by atoms with E-state index in [2.05, 4.69) is 37.3 Å². The van der Waals surface area contributed by atoms with Crippen LogP contribution in [0.2, 0.25) is 0 Å². The number of methoxy groups -OCH3 is 1. The molecule has 0 aromatic heterocycles. The van der Waals surface area contributed by atoms with Gasteiger partial charge in [-0.05, 0) is 48.6 Å².